The molecule has 0 aromatic heterocycles. The molecule has 0 bridgehead atoms. The zero-order valence-corrected chi connectivity index (χ0v) is 21.4. The SMILES string of the molecule is CC(C)(C)C1=C(O)C(C(C)(C)C)(C(C)(C)C)CC(c2ccc(O)c(C(C)(C)C)c2)=C1. The van der Waals surface area contributed by atoms with Gasteiger partial charge in [0.05, 0.1) is 0 Å². The number of phenolic OH excluding ortho intramolecular Hbond substituents is 1. The predicted octanol–water partition coefficient (Wildman–Crippen LogP) is 8.41. The number of aliphatic hydroxyl groups is 1. The zero-order valence-electron chi connectivity index (χ0n) is 21.4. The van der Waals surface area contributed by atoms with Crippen molar-refractivity contribution in [2.75, 3.05) is 0 Å². The summed E-state index contributed by atoms with van der Waals surface area (Å²) in [6.07, 6.45) is 2.96. The lowest BCUT2D eigenvalue weighted by atomic mass is 9.48. The molecule has 0 heterocycles. The molecule has 0 saturated carbocycles. The van der Waals surface area contributed by atoms with Crippen LogP contribution in [-0.2, 0) is 5.41 Å². The minimum Gasteiger partial charge on any atom is -0.511 e. The van der Waals surface area contributed by atoms with Crippen LogP contribution in [0.5, 0.6) is 5.75 Å². The van der Waals surface area contributed by atoms with E-state index in [0.29, 0.717) is 11.5 Å². The second kappa shape index (κ2) is 7.18. The maximum absolute atomic E-state index is 11.8. The van der Waals surface area contributed by atoms with Crippen molar-refractivity contribution >= 4 is 5.57 Å². The van der Waals surface area contributed by atoms with Crippen LogP contribution in [0.1, 0.15) is 101 Å². The molecule has 0 fully saturated rings. The van der Waals surface area contributed by atoms with Gasteiger partial charge in [-0.25, -0.2) is 0 Å². The Morgan fingerprint density at radius 2 is 1.23 bits per heavy atom. The minimum atomic E-state index is -0.410. The number of phenols is 1. The molecule has 0 spiro atoms. The Labute approximate surface area is 185 Å². The van der Waals surface area contributed by atoms with E-state index >= 15 is 0 Å². The molecule has 0 amide bonds. The summed E-state index contributed by atoms with van der Waals surface area (Å²) in [6, 6.07) is 5.98. The fourth-order valence-electron chi connectivity index (χ4n) is 5.35. The molecule has 1 aliphatic rings. The Hall–Kier alpha value is -1.70. The van der Waals surface area contributed by atoms with Crippen LogP contribution in [0.2, 0.25) is 0 Å². The molecule has 1 aromatic carbocycles. The first-order chi connectivity index (χ1) is 13.2. The van der Waals surface area contributed by atoms with Gasteiger partial charge < -0.3 is 10.2 Å². The number of aromatic hydroxyl groups is 1. The van der Waals surface area contributed by atoms with Crippen LogP contribution >= 0.6 is 0 Å². The lowest BCUT2D eigenvalue weighted by Gasteiger charge is -2.56. The van der Waals surface area contributed by atoms with E-state index < -0.39 is 5.41 Å². The molecule has 0 aliphatic heterocycles. The highest BCUT2D eigenvalue weighted by atomic mass is 16.3. The monoisotopic (exact) mass is 412 g/mol. The Balaban J connectivity index is 2.87. The fraction of sp³-hybridized carbons (Fsp3) is 0.643. The van der Waals surface area contributed by atoms with E-state index in [4.69, 9.17) is 0 Å². The largest absolute Gasteiger partial charge is 0.511 e. The summed E-state index contributed by atoms with van der Waals surface area (Å²) in [5.74, 6) is 0.878. The van der Waals surface area contributed by atoms with Gasteiger partial charge in [0.2, 0.25) is 0 Å². The number of hydrogen-bond acceptors (Lipinski definition) is 2. The highest BCUT2D eigenvalue weighted by molar-refractivity contribution is 5.73. The van der Waals surface area contributed by atoms with Gasteiger partial charge in [-0.05, 0) is 62.5 Å². The lowest BCUT2D eigenvalue weighted by Crippen LogP contribution is -2.50. The van der Waals surface area contributed by atoms with Crippen molar-refractivity contribution in [2.24, 2.45) is 21.7 Å². The Bertz CT molecular complexity index is 855. The molecule has 0 unspecified atom stereocenters. The van der Waals surface area contributed by atoms with Gasteiger partial charge in [0, 0.05) is 5.41 Å². The first-order valence-electron chi connectivity index (χ1n) is 11.2. The Morgan fingerprint density at radius 3 is 1.63 bits per heavy atom. The van der Waals surface area contributed by atoms with Crippen molar-refractivity contribution in [3.05, 3.63) is 46.7 Å². The molecule has 0 atom stereocenters. The van der Waals surface area contributed by atoms with Crippen LogP contribution in [0, 0.1) is 21.7 Å². The second-order valence-corrected chi connectivity index (χ2v) is 13.2. The molecular formula is C28H44O2. The van der Waals surface area contributed by atoms with Gasteiger partial charge in [0.25, 0.3) is 0 Å². The summed E-state index contributed by atoms with van der Waals surface area (Å²) in [7, 11) is 0. The molecular weight excluding hydrogens is 368 g/mol. The van der Waals surface area contributed by atoms with Gasteiger partial charge in [0.1, 0.15) is 11.5 Å². The van der Waals surface area contributed by atoms with Crippen molar-refractivity contribution in [2.45, 2.75) is 94.9 Å². The van der Waals surface area contributed by atoms with E-state index in [0.717, 1.165) is 23.1 Å². The van der Waals surface area contributed by atoms with Crippen molar-refractivity contribution in [1.82, 2.24) is 0 Å². The third kappa shape index (κ3) is 4.07. The van der Waals surface area contributed by atoms with Crippen LogP contribution in [0.4, 0.5) is 0 Å². The zero-order chi connectivity index (χ0) is 23.5. The van der Waals surface area contributed by atoms with E-state index in [-0.39, 0.29) is 21.7 Å². The van der Waals surface area contributed by atoms with Crippen molar-refractivity contribution in [3.63, 3.8) is 0 Å². The number of aliphatic hydroxyl groups excluding tert-OH is 1. The normalized spacial score (nSPS) is 18.5. The van der Waals surface area contributed by atoms with Crippen LogP contribution in [0.25, 0.3) is 5.57 Å². The Morgan fingerprint density at radius 1 is 0.733 bits per heavy atom. The van der Waals surface area contributed by atoms with Crippen LogP contribution in [0.15, 0.2) is 35.6 Å². The van der Waals surface area contributed by atoms with Crippen molar-refractivity contribution < 1.29 is 10.2 Å². The molecule has 168 valence electrons. The standard InChI is InChI=1S/C28H44O2/c1-24(2,3)20-15-18(13-14-22(20)29)19-16-21(25(4,5)6)23(30)28(17-19,26(7,8)9)27(10,11)12/h13-16,29-30H,17H2,1-12H3. The molecule has 2 heteroatoms. The van der Waals surface area contributed by atoms with Crippen LogP contribution in [0.3, 0.4) is 0 Å². The first-order valence-corrected chi connectivity index (χ1v) is 11.2. The predicted molar refractivity (Wildman–Crippen MR) is 130 cm³/mol. The molecule has 0 saturated heterocycles. The van der Waals surface area contributed by atoms with Crippen molar-refractivity contribution in [1.29, 1.82) is 0 Å². The maximum atomic E-state index is 11.8. The summed E-state index contributed by atoms with van der Waals surface area (Å²) in [5, 5.41) is 22.3. The summed E-state index contributed by atoms with van der Waals surface area (Å²) in [6.45, 7) is 26.4. The maximum Gasteiger partial charge on any atom is 0.119 e. The molecule has 2 nitrogen and oxygen atoms in total. The molecule has 2 rings (SSSR count). The highest BCUT2D eigenvalue weighted by Gasteiger charge is 2.56. The topological polar surface area (TPSA) is 40.5 Å². The van der Waals surface area contributed by atoms with Gasteiger partial charge in [-0.2, -0.15) is 0 Å². The average Bonchev–Trinajstić information content (AvgIpc) is 2.51. The molecule has 1 aromatic rings. The number of benzene rings is 1. The highest BCUT2D eigenvalue weighted by Crippen LogP contribution is 2.63. The Kier molecular flexibility index (Phi) is 5.88. The molecule has 30 heavy (non-hydrogen) atoms. The van der Waals surface area contributed by atoms with E-state index in [1.54, 1.807) is 0 Å². The summed E-state index contributed by atoms with van der Waals surface area (Å²) in [5.41, 5.74) is 3.30. The second-order valence-electron chi connectivity index (χ2n) is 13.2. The van der Waals surface area contributed by atoms with Gasteiger partial charge in [-0.1, -0.05) is 95.2 Å². The van der Waals surface area contributed by atoms with Gasteiger partial charge >= 0.3 is 0 Å². The third-order valence-corrected chi connectivity index (χ3v) is 6.98. The van der Waals surface area contributed by atoms with Crippen LogP contribution < -0.4 is 0 Å². The molecule has 1 aliphatic carbocycles. The van der Waals surface area contributed by atoms with E-state index in [1.165, 1.54) is 5.57 Å². The average molecular weight is 413 g/mol. The summed E-state index contributed by atoms with van der Waals surface area (Å²) in [4.78, 5) is 0. The van der Waals surface area contributed by atoms with E-state index in [1.807, 2.05) is 12.1 Å². The molecule has 2 N–H and O–H groups in total. The van der Waals surface area contributed by atoms with Gasteiger partial charge in [0.15, 0.2) is 0 Å². The van der Waals surface area contributed by atoms with Gasteiger partial charge in [-0.3, -0.25) is 0 Å². The van der Waals surface area contributed by atoms with Gasteiger partial charge in [-0.15, -0.1) is 0 Å². The van der Waals surface area contributed by atoms with E-state index in [9.17, 15) is 10.2 Å². The minimum absolute atomic E-state index is 0.144. The quantitative estimate of drug-likeness (QED) is 0.486. The first kappa shape index (κ1) is 24.6. The number of rotatable bonds is 1. The smallest absolute Gasteiger partial charge is 0.119 e. The van der Waals surface area contributed by atoms with E-state index in [2.05, 4.69) is 95.2 Å². The number of allylic oxidation sites excluding steroid dienone is 4. The lowest BCUT2D eigenvalue weighted by molar-refractivity contribution is -0.0305. The fourth-order valence-corrected chi connectivity index (χ4v) is 5.35. The van der Waals surface area contributed by atoms with Crippen molar-refractivity contribution in [3.8, 4) is 5.75 Å². The number of hydrogen-bond donors (Lipinski definition) is 2. The summed E-state index contributed by atoms with van der Waals surface area (Å²) < 4.78 is 0. The van der Waals surface area contributed by atoms with Crippen LogP contribution in [-0.4, -0.2) is 10.2 Å². The third-order valence-electron chi connectivity index (χ3n) is 6.98. The summed E-state index contributed by atoms with van der Waals surface area (Å²) >= 11 is 0. The molecule has 0 radical (unpaired) electrons.